The van der Waals surface area contributed by atoms with Crippen LogP contribution in [0.5, 0.6) is 0 Å². The minimum absolute atomic E-state index is 0.0295. The number of hydrogen-bond acceptors (Lipinski definition) is 3. The molecule has 0 spiro atoms. The summed E-state index contributed by atoms with van der Waals surface area (Å²) in [5.74, 6) is -0.949. The number of aliphatic carboxylic acids is 1. The van der Waals surface area contributed by atoms with Crippen molar-refractivity contribution in [1.29, 1.82) is 0 Å². The first-order valence-electron chi connectivity index (χ1n) is 8.24. The maximum Gasteiger partial charge on any atom is 0.329 e. The first-order chi connectivity index (χ1) is 10.4. The molecule has 1 fully saturated rings. The summed E-state index contributed by atoms with van der Waals surface area (Å²) < 4.78 is 0. The van der Waals surface area contributed by atoms with Crippen LogP contribution in [0.1, 0.15) is 65.2 Å². The summed E-state index contributed by atoms with van der Waals surface area (Å²) in [4.78, 5) is 35.1. The standard InChI is InChI=1S/C16H28N2O4/c1-3-11-17-13(19)5-6-14(20)18-16(15(21)22)9-7-12(4-2)8-10-16/h12H,3-11H2,1-2H3,(H,17,19)(H,18,20)(H,21,22). The van der Waals surface area contributed by atoms with Gasteiger partial charge in [-0.25, -0.2) is 4.79 Å². The van der Waals surface area contributed by atoms with Crippen LogP contribution in [0.15, 0.2) is 0 Å². The van der Waals surface area contributed by atoms with Gasteiger partial charge < -0.3 is 15.7 Å². The Balaban J connectivity index is 2.48. The molecule has 1 rings (SSSR count). The van der Waals surface area contributed by atoms with Gasteiger partial charge in [0.1, 0.15) is 5.54 Å². The highest BCUT2D eigenvalue weighted by Gasteiger charge is 2.42. The van der Waals surface area contributed by atoms with Gasteiger partial charge in [-0.05, 0) is 38.0 Å². The van der Waals surface area contributed by atoms with E-state index in [-0.39, 0.29) is 24.7 Å². The Morgan fingerprint density at radius 1 is 1.09 bits per heavy atom. The SMILES string of the molecule is CCCNC(=O)CCC(=O)NC1(C(=O)O)CCC(CC)CC1. The molecule has 0 aromatic rings. The zero-order valence-corrected chi connectivity index (χ0v) is 13.6. The van der Waals surface area contributed by atoms with E-state index >= 15 is 0 Å². The molecule has 0 heterocycles. The van der Waals surface area contributed by atoms with Crippen molar-refractivity contribution in [2.45, 2.75) is 70.8 Å². The van der Waals surface area contributed by atoms with E-state index in [1.807, 2.05) is 6.92 Å². The van der Waals surface area contributed by atoms with Gasteiger partial charge in [-0.2, -0.15) is 0 Å². The summed E-state index contributed by atoms with van der Waals surface area (Å²) in [7, 11) is 0. The smallest absolute Gasteiger partial charge is 0.329 e. The minimum atomic E-state index is -1.15. The highest BCUT2D eigenvalue weighted by atomic mass is 16.4. The molecule has 0 atom stereocenters. The zero-order chi connectivity index (χ0) is 16.6. The molecule has 1 saturated carbocycles. The van der Waals surface area contributed by atoms with Crippen molar-refractivity contribution < 1.29 is 19.5 Å². The van der Waals surface area contributed by atoms with Gasteiger partial charge in [0.25, 0.3) is 0 Å². The molecule has 22 heavy (non-hydrogen) atoms. The number of carboxylic acid groups (broad SMARTS) is 1. The van der Waals surface area contributed by atoms with Crippen molar-refractivity contribution in [3.05, 3.63) is 0 Å². The number of carboxylic acids is 1. The van der Waals surface area contributed by atoms with Gasteiger partial charge in [0.2, 0.25) is 11.8 Å². The van der Waals surface area contributed by atoms with Crippen LogP contribution in [-0.4, -0.2) is 35.0 Å². The molecule has 0 radical (unpaired) electrons. The lowest BCUT2D eigenvalue weighted by atomic mass is 9.75. The van der Waals surface area contributed by atoms with Crippen LogP contribution >= 0.6 is 0 Å². The molecule has 1 aliphatic carbocycles. The summed E-state index contributed by atoms with van der Waals surface area (Å²) in [6.07, 6.45) is 4.59. The Bertz CT molecular complexity index is 401. The van der Waals surface area contributed by atoms with Crippen LogP contribution in [-0.2, 0) is 14.4 Å². The van der Waals surface area contributed by atoms with Crippen LogP contribution < -0.4 is 10.6 Å². The summed E-state index contributed by atoms with van der Waals surface area (Å²) in [6.45, 7) is 4.65. The number of carbonyl (C=O) groups is 3. The molecule has 0 aromatic heterocycles. The van der Waals surface area contributed by atoms with Crippen LogP contribution in [0.4, 0.5) is 0 Å². The molecule has 1 aliphatic rings. The van der Waals surface area contributed by atoms with Crippen LogP contribution in [0.25, 0.3) is 0 Å². The van der Waals surface area contributed by atoms with E-state index in [0.29, 0.717) is 25.3 Å². The van der Waals surface area contributed by atoms with Crippen molar-refractivity contribution in [3.63, 3.8) is 0 Å². The van der Waals surface area contributed by atoms with E-state index in [1.54, 1.807) is 0 Å². The lowest BCUT2D eigenvalue weighted by molar-refractivity contribution is -0.149. The van der Waals surface area contributed by atoms with Gasteiger partial charge in [-0.3, -0.25) is 9.59 Å². The molecule has 6 nitrogen and oxygen atoms in total. The van der Waals surface area contributed by atoms with Gasteiger partial charge in [-0.1, -0.05) is 20.3 Å². The highest BCUT2D eigenvalue weighted by Crippen LogP contribution is 2.34. The normalized spacial score (nSPS) is 24.5. The summed E-state index contributed by atoms with van der Waals surface area (Å²) in [5, 5.41) is 14.9. The number of nitrogens with one attached hydrogen (secondary N) is 2. The zero-order valence-electron chi connectivity index (χ0n) is 13.6. The van der Waals surface area contributed by atoms with E-state index in [4.69, 9.17) is 0 Å². The average Bonchev–Trinajstić information content (AvgIpc) is 2.51. The van der Waals surface area contributed by atoms with E-state index in [9.17, 15) is 19.5 Å². The predicted molar refractivity (Wildman–Crippen MR) is 83.3 cm³/mol. The molecule has 0 unspecified atom stereocenters. The van der Waals surface area contributed by atoms with Crippen LogP contribution in [0.3, 0.4) is 0 Å². The van der Waals surface area contributed by atoms with Crippen molar-refractivity contribution in [2.75, 3.05) is 6.54 Å². The lowest BCUT2D eigenvalue weighted by Crippen LogP contribution is -2.56. The van der Waals surface area contributed by atoms with E-state index < -0.39 is 11.5 Å². The fourth-order valence-electron chi connectivity index (χ4n) is 2.88. The molecule has 0 aliphatic heterocycles. The molecule has 126 valence electrons. The van der Waals surface area contributed by atoms with Crippen LogP contribution in [0.2, 0.25) is 0 Å². The van der Waals surface area contributed by atoms with Gasteiger partial charge in [0, 0.05) is 19.4 Å². The van der Waals surface area contributed by atoms with Gasteiger partial charge >= 0.3 is 5.97 Å². The van der Waals surface area contributed by atoms with Gasteiger partial charge in [0.05, 0.1) is 0 Å². The molecular weight excluding hydrogens is 284 g/mol. The molecule has 0 bridgehead atoms. The second kappa shape index (κ2) is 8.76. The molecule has 3 N–H and O–H groups in total. The fourth-order valence-corrected chi connectivity index (χ4v) is 2.88. The van der Waals surface area contributed by atoms with E-state index in [1.165, 1.54) is 0 Å². The second-order valence-corrected chi connectivity index (χ2v) is 6.14. The number of rotatable bonds is 8. The Morgan fingerprint density at radius 2 is 1.68 bits per heavy atom. The quantitative estimate of drug-likeness (QED) is 0.637. The minimum Gasteiger partial charge on any atom is -0.480 e. The van der Waals surface area contributed by atoms with Crippen molar-refractivity contribution in [3.8, 4) is 0 Å². The van der Waals surface area contributed by atoms with Crippen molar-refractivity contribution in [2.24, 2.45) is 5.92 Å². The molecular formula is C16H28N2O4. The second-order valence-electron chi connectivity index (χ2n) is 6.14. The molecule has 0 saturated heterocycles. The molecule has 6 heteroatoms. The Kier molecular flexibility index (Phi) is 7.35. The molecule has 2 amide bonds. The van der Waals surface area contributed by atoms with Gasteiger partial charge in [0.15, 0.2) is 0 Å². The fraction of sp³-hybridized carbons (Fsp3) is 0.812. The molecule has 0 aromatic carbocycles. The maximum absolute atomic E-state index is 12.0. The third-order valence-electron chi connectivity index (χ3n) is 4.48. The number of hydrogen-bond donors (Lipinski definition) is 3. The van der Waals surface area contributed by atoms with Crippen molar-refractivity contribution >= 4 is 17.8 Å². The topological polar surface area (TPSA) is 95.5 Å². The number of amides is 2. The summed E-state index contributed by atoms with van der Waals surface area (Å²) in [6, 6.07) is 0. The summed E-state index contributed by atoms with van der Waals surface area (Å²) >= 11 is 0. The Hall–Kier alpha value is -1.59. The van der Waals surface area contributed by atoms with Crippen molar-refractivity contribution in [1.82, 2.24) is 10.6 Å². The monoisotopic (exact) mass is 312 g/mol. The maximum atomic E-state index is 12.0. The van der Waals surface area contributed by atoms with E-state index in [2.05, 4.69) is 17.6 Å². The average molecular weight is 312 g/mol. The summed E-state index contributed by atoms with van der Waals surface area (Å²) in [5.41, 5.74) is -1.15. The highest BCUT2D eigenvalue weighted by molar-refractivity contribution is 5.89. The first kappa shape index (κ1) is 18.5. The Morgan fingerprint density at radius 3 is 2.18 bits per heavy atom. The van der Waals surface area contributed by atoms with Crippen LogP contribution in [0, 0.1) is 5.92 Å². The lowest BCUT2D eigenvalue weighted by Gasteiger charge is -2.37. The number of carbonyl (C=O) groups excluding carboxylic acids is 2. The van der Waals surface area contributed by atoms with Gasteiger partial charge in [-0.15, -0.1) is 0 Å². The first-order valence-corrected chi connectivity index (χ1v) is 8.24. The van der Waals surface area contributed by atoms with E-state index in [0.717, 1.165) is 25.7 Å². The third kappa shape index (κ3) is 5.31. The Labute approximate surface area is 132 Å². The largest absolute Gasteiger partial charge is 0.480 e. The predicted octanol–water partition coefficient (Wildman–Crippen LogP) is 1.83. The third-order valence-corrected chi connectivity index (χ3v) is 4.48.